The van der Waals surface area contributed by atoms with Crippen LogP contribution in [0.4, 0.5) is 8.78 Å². The first kappa shape index (κ1) is 10.4. The Bertz CT molecular complexity index is 339. The lowest BCUT2D eigenvalue weighted by atomic mass is 10.2. The first-order valence-electron chi connectivity index (χ1n) is 4.92. The van der Waals surface area contributed by atoms with Crippen molar-refractivity contribution in [2.75, 3.05) is 6.61 Å². The number of hydrogen-bond donors (Lipinski definition) is 1. The minimum absolute atomic E-state index is 0.212. The molecule has 82 valence electrons. The standard InChI is InChI=1S/C11H12F2O2/c12-9-3-8(5-14)4-10(13)11(9)15-6-7-1-2-7/h3-4,7,14H,1-2,5-6H2. The van der Waals surface area contributed by atoms with Crippen LogP contribution in [0.3, 0.4) is 0 Å². The lowest BCUT2D eigenvalue weighted by Gasteiger charge is -2.08. The van der Waals surface area contributed by atoms with Gasteiger partial charge in [0.05, 0.1) is 13.2 Å². The summed E-state index contributed by atoms with van der Waals surface area (Å²) in [6, 6.07) is 2.18. The molecule has 4 heteroatoms. The van der Waals surface area contributed by atoms with E-state index in [1.165, 1.54) is 0 Å². The summed E-state index contributed by atoms with van der Waals surface area (Å²) >= 11 is 0. The van der Waals surface area contributed by atoms with E-state index in [0.717, 1.165) is 25.0 Å². The Balaban J connectivity index is 2.13. The van der Waals surface area contributed by atoms with E-state index in [9.17, 15) is 8.78 Å². The molecular weight excluding hydrogens is 202 g/mol. The van der Waals surface area contributed by atoms with Gasteiger partial charge in [0.15, 0.2) is 17.4 Å². The normalized spacial score (nSPS) is 15.4. The fraction of sp³-hybridized carbons (Fsp3) is 0.455. The molecule has 0 radical (unpaired) electrons. The molecule has 0 bridgehead atoms. The van der Waals surface area contributed by atoms with E-state index in [4.69, 9.17) is 9.84 Å². The van der Waals surface area contributed by atoms with Crippen LogP contribution in [0, 0.1) is 17.6 Å². The van der Waals surface area contributed by atoms with Gasteiger partial charge in [0, 0.05) is 0 Å². The Morgan fingerprint density at radius 2 is 1.87 bits per heavy atom. The zero-order valence-electron chi connectivity index (χ0n) is 8.17. The van der Waals surface area contributed by atoms with Gasteiger partial charge in [-0.1, -0.05) is 0 Å². The Morgan fingerprint density at radius 1 is 1.27 bits per heavy atom. The Morgan fingerprint density at radius 3 is 2.33 bits per heavy atom. The predicted molar refractivity (Wildman–Crippen MR) is 50.5 cm³/mol. The molecule has 0 aliphatic heterocycles. The number of halogens is 2. The molecule has 1 fully saturated rings. The third kappa shape index (κ3) is 2.45. The van der Waals surface area contributed by atoms with Crippen molar-refractivity contribution >= 4 is 0 Å². The maximum atomic E-state index is 13.3. The second kappa shape index (κ2) is 4.14. The van der Waals surface area contributed by atoms with Gasteiger partial charge >= 0.3 is 0 Å². The number of hydrogen-bond acceptors (Lipinski definition) is 2. The lowest BCUT2D eigenvalue weighted by molar-refractivity contribution is 0.264. The molecule has 0 spiro atoms. The van der Waals surface area contributed by atoms with Crippen LogP contribution in [-0.4, -0.2) is 11.7 Å². The van der Waals surface area contributed by atoms with Gasteiger partial charge in [0.25, 0.3) is 0 Å². The molecule has 1 aliphatic rings. The van der Waals surface area contributed by atoms with Gasteiger partial charge < -0.3 is 9.84 Å². The zero-order chi connectivity index (χ0) is 10.8. The summed E-state index contributed by atoms with van der Waals surface area (Å²) < 4.78 is 31.6. The average Bonchev–Trinajstić information content (AvgIpc) is 3.00. The van der Waals surface area contributed by atoms with Crippen molar-refractivity contribution in [2.24, 2.45) is 5.92 Å². The van der Waals surface area contributed by atoms with E-state index in [2.05, 4.69) is 0 Å². The molecule has 1 saturated carbocycles. The van der Waals surface area contributed by atoms with Crippen molar-refractivity contribution in [3.63, 3.8) is 0 Å². The number of ether oxygens (including phenoxy) is 1. The lowest BCUT2D eigenvalue weighted by Crippen LogP contribution is -2.04. The third-order valence-corrected chi connectivity index (χ3v) is 2.40. The van der Waals surface area contributed by atoms with E-state index >= 15 is 0 Å². The van der Waals surface area contributed by atoms with Crippen LogP contribution < -0.4 is 4.74 Å². The van der Waals surface area contributed by atoms with Crippen molar-refractivity contribution in [3.8, 4) is 5.75 Å². The molecule has 0 unspecified atom stereocenters. The fourth-order valence-corrected chi connectivity index (χ4v) is 1.33. The Labute approximate surface area is 86.5 Å². The van der Waals surface area contributed by atoms with Crippen molar-refractivity contribution < 1.29 is 18.6 Å². The van der Waals surface area contributed by atoms with Gasteiger partial charge in [0.1, 0.15) is 0 Å². The number of benzene rings is 1. The molecule has 15 heavy (non-hydrogen) atoms. The van der Waals surface area contributed by atoms with Crippen LogP contribution in [-0.2, 0) is 6.61 Å². The van der Waals surface area contributed by atoms with E-state index in [0.29, 0.717) is 12.5 Å². The van der Waals surface area contributed by atoms with E-state index in [1.807, 2.05) is 0 Å². The van der Waals surface area contributed by atoms with Gasteiger partial charge in [-0.15, -0.1) is 0 Å². The molecule has 0 aromatic heterocycles. The summed E-state index contributed by atoms with van der Waals surface area (Å²) in [4.78, 5) is 0. The summed E-state index contributed by atoms with van der Waals surface area (Å²) in [6.07, 6.45) is 2.13. The highest BCUT2D eigenvalue weighted by atomic mass is 19.1. The average molecular weight is 214 g/mol. The highest BCUT2D eigenvalue weighted by Crippen LogP contribution is 2.31. The van der Waals surface area contributed by atoms with Crippen molar-refractivity contribution in [1.82, 2.24) is 0 Å². The first-order chi connectivity index (χ1) is 7.20. The predicted octanol–water partition coefficient (Wildman–Crippen LogP) is 2.25. The van der Waals surface area contributed by atoms with Gasteiger partial charge in [-0.3, -0.25) is 0 Å². The Kier molecular flexibility index (Phi) is 2.86. The topological polar surface area (TPSA) is 29.5 Å². The highest BCUT2D eigenvalue weighted by Gasteiger charge is 2.23. The van der Waals surface area contributed by atoms with Gasteiger partial charge in [-0.25, -0.2) is 8.78 Å². The van der Waals surface area contributed by atoms with Crippen LogP contribution in [0.1, 0.15) is 18.4 Å². The second-order valence-electron chi connectivity index (χ2n) is 3.80. The van der Waals surface area contributed by atoms with Crippen LogP contribution in [0.15, 0.2) is 12.1 Å². The molecular formula is C11H12F2O2. The minimum atomic E-state index is -0.750. The number of rotatable bonds is 4. The molecule has 0 saturated heterocycles. The monoisotopic (exact) mass is 214 g/mol. The van der Waals surface area contributed by atoms with Gasteiger partial charge in [0.2, 0.25) is 0 Å². The summed E-state index contributed by atoms with van der Waals surface area (Å²) in [5.74, 6) is -1.39. The van der Waals surface area contributed by atoms with Crippen LogP contribution >= 0.6 is 0 Å². The van der Waals surface area contributed by atoms with Gasteiger partial charge in [-0.05, 0) is 36.5 Å². The maximum absolute atomic E-state index is 13.3. The highest BCUT2D eigenvalue weighted by molar-refractivity contribution is 5.31. The summed E-state index contributed by atoms with van der Waals surface area (Å²) in [7, 11) is 0. The summed E-state index contributed by atoms with van der Waals surface area (Å²) in [5, 5.41) is 8.73. The van der Waals surface area contributed by atoms with Crippen molar-refractivity contribution in [1.29, 1.82) is 0 Å². The van der Waals surface area contributed by atoms with Crippen LogP contribution in [0.25, 0.3) is 0 Å². The molecule has 2 rings (SSSR count). The van der Waals surface area contributed by atoms with Crippen molar-refractivity contribution in [2.45, 2.75) is 19.4 Å². The largest absolute Gasteiger partial charge is 0.487 e. The maximum Gasteiger partial charge on any atom is 0.190 e. The molecule has 1 aromatic carbocycles. The SMILES string of the molecule is OCc1cc(F)c(OCC2CC2)c(F)c1. The second-order valence-corrected chi connectivity index (χ2v) is 3.80. The molecule has 0 amide bonds. The van der Waals surface area contributed by atoms with E-state index in [-0.39, 0.29) is 17.9 Å². The zero-order valence-corrected chi connectivity index (χ0v) is 8.17. The number of aliphatic hydroxyl groups is 1. The molecule has 2 nitrogen and oxygen atoms in total. The fourth-order valence-electron chi connectivity index (χ4n) is 1.33. The molecule has 0 heterocycles. The van der Waals surface area contributed by atoms with E-state index in [1.54, 1.807) is 0 Å². The van der Waals surface area contributed by atoms with Crippen LogP contribution in [0.2, 0.25) is 0 Å². The molecule has 1 aromatic rings. The van der Waals surface area contributed by atoms with Gasteiger partial charge in [-0.2, -0.15) is 0 Å². The Hall–Kier alpha value is -1.16. The minimum Gasteiger partial charge on any atom is -0.487 e. The molecule has 1 aliphatic carbocycles. The molecule has 1 N–H and O–H groups in total. The van der Waals surface area contributed by atoms with Crippen LogP contribution in [0.5, 0.6) is 5.75 Å². The smallest absolute Gasteiger partial charge is 0.190 e. The number of aliphatic hydroxyl groups excluding tert-OH is 1. The summed E-state index contributed by atoms with van der Waals surface area (Å²) in [5.41, 5.74) is 0.212. The summed E-state index contributed by atoms with van der Waals surface area (Å²) in [6.45, 7) is -0.0109. The quantitative estimate of drug-likeness (QED) is 0.832. The third-order valence-electron chi connectivity index (χ3n) is 2.40. The van der Waals surface area contributed by atoms with Crippen molar-refractivity contribution in [3.05, 3.63) is 29.3 Å². The van der Waals surface area contributed by atoms with E-state index < -0.39 is 11.6 Å². The first-order valence-corrected chi connectivity index (χ1v) is 4.92. The molecule has 0 atom stereocenters.